The Bertz CT molecular complexity index is 645. The zero-order chi connectivity index (χ0) is 14.2. The van der Waals surface area contributed by atoms with Crippen LogP contribution in [-0.2, 0) is 11.3 Å². The predicted octanol–water partition coefficient (Wildman–Crippen LogP) is 1.70. The Morgan fingerprint density at radius 1 is 1.25 bits per heavy atom. The van der Waals surface area contributed by atoms with E-state index in [1.54, 1.807) is 48.9 Å². The molecule has 98 valence electrons. The van der Waals surface area contributed by atoms with Crippen molar-refractivity contribution in [2.75, 3.05) is 0 Å². The lowest BCUT2D eigenvalue weighted by Gasteiger charge is -2.03. The van der Waals surface area contributed by atoms with Crippen LogP contribution in [0.3, 0.4) is 0 Å². The Balaban J connectivity index is 2.03. The molecule has 0 aliphatic carbocycles. The summed E-state index contributed by atoms with van der Waals surface area (Å²) in [6.07, 6.45) is 6.37. The number of carbonyl (C=O) groups excluding carboxylic acids is 1. The van der Waals surface area contributed by atoms with Crippen LogP contribution in [0.1, 0.15) is 11.3 Å². The molecule has 2 aromatic heterocycles. The smallest absolute Gasteiger partial charge is 0.262 e. The summed E-state index contributed by atoms with van der Waals surface area (Å²) in [5, 5.41) is 11.7. The van der Waals surface area contributed by atoms with E-state index in [0.717, 1.165) is 5.56 Å². The van der Waals surface area contributed by atoms with E-state index in [4.69, 9.17) is 5.26 Å². The second kappa shape index (κ2) is 6.81. The third kappa shape index (κ3) is 3.75. The minimum atomic E-state index is -0.421. The van der Waals surface area contributed by atoms with E-state index in [9.17, 15) is 4.79 Å². The Kier molecular flexibility index (Phi) is 4.57. The molecule has 5 nitrogen and oxygen atoms in total. The van der Waals surface area contributed by atoms with Gasteiger partial charge in [-0.15, -0.1) is 0 Å². The van der Waals surface area contributed by atoms with E-state index in [0.29, 0.717) is 12.2 Å². The molecular formula is C15H12N4O. The lowest BCUT2D eigenvalue weighted by Crippen LogP contribution is -2.23. The first-order chi connectivity index (χ1) is 9.79. The van der Waals surface area contributed by atoms with Gasteiger partial charge >= 0.3 is 0 Å². The average Bonchev–Trinajstić information content (AvgIpc) is 2.52. The first-order valence-electron chi connectivity index (χ1n) is 5.99. The summed E-state index contributed by atoms with van der Waals surface area (Å²) >= 11 is 0. The maximum absolute atomic E-state index is 11.9. The van der Waals surface area contributed by atoms with Gasteiger partial charge in [-0.05, 0) is 35.9 Å². The Hall–Kier alpha value is -3.00. The van der Waals surface area contributed by atoms with Gasteiger partial charge in [-0.1, -0.05) is 6.07 Å². The molecule has 0 unspecified atom stereocenters. The standard InChI is InChI=1S/C15H12N4O/c16-10-13(9-14-3-1-2-6-18-14)15(20)19-11-12-4-7-17-8-5-12/h1-9H,11H2,(H,19,20)/b13-9+. The molecule has 0 fully saturated rings. The normalized spacial score (nSPS) is 10.7. The number of hydrogen-bond acceptors (Lipinski definition) is 4. The van der Waals surface area contributed by atoms with Crippen molar-refractivity contribution >= 4 is 12.0 Å². The van der Waals surface area contributed by atoms with Crippen LogP contribution >= 0.6 is 0 Å². The molecule has 20 heavy (non-hydrogen) atoms. The summed E-state index contributed by atoms with van der Waals surface area (Å²) < 4.78 is 0. The van der Waals surface area contributed by atoms with E-state index in [1.165, 1.54) is 6.08 Å². The summed E-state index contributed by atoms with van der Waals surface area (Å²) in [5.74, 6) is -0.421. The molecule has 1 amide bonds. The molecule has 0 bridgehead atoms. The molecular weight excluding hydrogens is 252 g/mol. The van der Waals surface area contributed by atoms with Crippen molar-refractivity contribution in [2.24, 2.45) is 0 Å². The fourth-order valence-electron chi connectivity index (χ4n) is 1.54. The summed E-state index contributed by atoms with van der Waals surface area (Å²) in [5.41, 5.74) is 1.52. The molecule has 2 aromatic rings. The lowest BCUT2D eigenvalue weighted by molar-refractivity contribution is -0.117. The summed E-state index contributed by atoms with van der Waals surface area (Å²) in [7, 11) is 0. The van der Waals surface area contributed by atoms with Gasteiger partial charge in [0.15, 0.2) is 0 Å². The van der Waals surface area contributed by atoms with Crippen molar-refractivity contribution in [3.8, 4) is 6.07 Å². The fraction of sp³-hybridized carbons (Fsp3) is 0.0667. The Morgan fingerprint density at radius 2 is 2.05 bits per heavy atom. The highest BCUT2D eigenvalue weighted by Crippen LogP contribution is 2.04. The number of nitrogens with zero attached hydrogens (tertiary/aromatic N) is 3. The highest BCUT2D eigenvalue weighted by molar-refractivity contribution is 6.01. The Labute approximate surface area is 116 Å². The van der Waals surface area contributed by atoms with Crippen molar-refractivity contribution in [1.82, 2.24) is 15.3 Å². The molecule has 0 aliphatic rings. The number of nitrogens with one attached hydrogen (secondary N) is 1. The monoisotopic (exact) mass is 264 g/mol. The molecule has 0 saturated carbocycles. The molecule has 0 radical (unpaired) electrons. The molecule has 1 N–H and O–H groups in total. The Morgan fingerprint density at radius 3 is 2.70 bits per heavy atom. The van der Waals surface area contributed by atoms with Gasteiger partial charge < -0.3 is 5.32 Å². The van der Waals surface area contributed by atoms with Crippen LogP contribution in [0.2, 0.25) is 0 Å². The third-order valence-corrected chi connectivity index (χ3v) is 2.55. The van der Waals surface area contributed by atoms with Crippen LogP contribution in [-0.4, -0.2) is 15.9 Å². The van der Waals surface area contributed by atoms with Gasteiger partial charge in [-0.3, -0.25) is 14.8 Å². The summed E-state index contributed by atoms with van der Waals surface area (Å²) in [6, 6.07) is 10.8. The molecule has 0 aliphatic heterocycles. The second-order valence-corrected chi connectivity index (χ2v) is 3.96. The minimum Gasteiger partial charge on any atom is -0.347 e. The van der Waals surface area contributed by atoms with E-state index in [-0.39, 0.29) is 5.57 Å². The van der Waals surface area contributed by atoms with Crippen molar-refractivity contribution in [2.45, 2.75) is 6.54 Å². The lowest BCUT2D eigenvalue weighted by atomic mass is 10.2. The van der Waals surface area contributed by atoms with E-state index in [1.807, 2.05) is 6.07 Å². The van der Waals surface area contributed by atoms with Crippen LogP contribution in [0.5, 0.6) is 0 Å². The van der Waals surface area contributed by atoms with Crippen molar-refractivity contribution in [1.29, 1.82) is 5.26 Å². The zero-order valence-corrected chi connectivity index (χ0v) is 10.7. The van der Waals surface area contributed by atoms with Crippen LogP contribution in [0.25, 0.3) is 6.08 Å². The van der Waals surface area contributed by atoms with Gasteiger partial charge in [0.25, 0.3) is 5.91 Å². The topological polar surface area (TPSA) is 78.7 Å². The van der Waals surface area contributed by atoms with E-state index in [2.05, 4.69) is 15.3 Å². The largest absolute Gasteiger partial charge is 0.347 e. The predicted molar refractivity (Wildman–Crippen MR) is 73.9 cm³/mol. The van der Waals surface area contributed by atoms with Crippen LogP contribution in [0, 0.1) is 11.3 Å². The molecule has 0 aromatic carbocycles. The number of hydrogen-bond donors (Lipinski definition) is 1. The van der Waals surface area contributed by atoms with Crippen LogP contribution in [0.4, 0.5) is 0 Å². The SMILES string of the molecule is N#C/C(=C\c1ccccn1)C(=O)NCc1ccncc1. The number of rotatable bonds is 4. The quantitative estimate of drug-likeness (QED) is 0.673. The van der Waals surface area contributed by atoms with Crippen molar-refractivity contribution < 1.29 is 4.79 Å². The summed E-state index contributed by atoms with van der Waals surface area (Å²) in [6.45, 7) is 0.350. The first kappa shape index (κ1) is 13.4. The molecule has 0 spiro atoms. The van der Waals surface area contributed by atoms with Gasteiger partial charge in [-0.2, -0.15) is 5.26 Å². The van der Waals surface area contributed by atoms with Crippen LogP contribution in [0.15, 0.2) is 54.5 Å². The third-order valence-electron chi connectivity index (χ3n) is 2.55. The number of aromatic nitrogens is 2. The van der Waals surface area contributed by atoms with Gasteiger partial charge in [0, 0.05) is 25.1 Å². The van der Waals surface area contributed by atoms with Crippen molar-refractivity contribution in [3.05, 3.63) is 65.8 Å². The minimum absolute atomic E-state index is 0.0257. The molecule has 0 atom stereocenters. The van der Waals surface area contributed by atoms with E-state index < -0.39 is 5.91 Å². The van der Waals surface area contributed by atoms with Gasteiger partial charge in [0.2, 0.25) is 0 Å². The molecule has 0 saturated heterocycles. The van der Waals surface area contributed by atoms with Crippen molar-refractivity contribution in [3.63, 3.8) is 0 Å². The van der Waals surface area contributed by atoms with Gasteiger partial charge in [0.05, 0.1) is 5.69 Å². The molecule has 5 heteroatoms. The molecule has 2 rings (SSSR count). The van der Waals surface area contributed by atoms with Gasteiger partial charge in [-0.25, -0.2) is 0 Å². The first-order valence-corrected chi connectivity index (χ1v) is 5.99. The number of pyridine rings is 2. The fourth-order valence-corrected chi connectivity index (χ4v) is 1.54. The molecule has 2 heterocycles. The number of amides is 1. The average molecular weight is 264 g/mol. The highest BCUT2D eigenvalue weighted by atomic mass is 16.1. The maximum atomic E-state index is 11.9. The maximum Gasteiger partial charge on any atom is 0.262 e. The zero-order valence-electron chi connectivity index (χ0n) is 10.7. The number of nitriles is 1. The van der Waals surface area contributed by atoms with Crippen LogP contribution < -0.4 is 5.32 Å². The van der Waals surface area contributed by atoms with Gasteiger partial charge in [0.1, 0.15) is 11.6 Å². The highest BCUT2D eigenvalue weighted by Gasteiger charge is 2.08. The van der Waals surface area contributed by atoms with E-state index >= 15 is 0 Å². The summed E-state index contributed by atoms with van der Waals surface area (Å²) in [4.78, 5) is 19.9. The number of carbonyl (C=O) groups is 1. The second-order valence-electron chi connectivity index (χ2n) is 3.96.